The van der Waals surface area contributed by atoms with Crippen molar-refractivity contribution in [3.63, 3.8) is 0 Å². The van der Waals surface area contributed by atoms with Gasteiger partial charge in [-0.2, -0.15) is 5.26 Å². The average molecular weight is 390 g/mol. The molecule has 0 radical (unpaired) electrons. The largest absolute Gasteiger partial charge is 0.377 e. The van der Waals surface area contributed by atoms with E-state index in [2.05, 4.69) is 27.7 Å². The van der Waals surface area contributed by atoms with Crippen molar-refractivity contribution in [3.05, 3.63) is 38.4 Å². The smallest absolute Gasteiger partial charge is 0.239 e. The highest BCUT2D eigenvalue weighted by Crippen LogP contribution is 2.31. The first-order valence-corrected chi connectivity index (χ1v) is 10.4. The van der Waals surface area contributed by atoms with Crippen molar-refractivity contribution in [1.82, 2.24) is 4.90 Å². The van der Waals surface area contributed by atoms with Crippen molar-refractivity contribution in [3.8, 4) is 6.07 Å². The molecule has 0 bridgehead atoms. The quantitative estimate of drug-likeness (QED) is 0.779. The molecule has 1 fully saturated rings. The van der Waals surface area contributed by atoms with Gasteiger partial charge in [-0.15, -0.1) is 22.7 Å². The second-order valence-corrected chi connectivity index (χ2v) is 8.79. The molecule has 1 aliphatic rings. The monoisotopic (exact) mass is 389 g/mol. The normalized spacial score (nSPS) is 16.8. The van der Waals surface area contributed by atoms with E-state index in [0.717, 1.165) is 43.0 Å². The Bertz CT molecular complexity index is 787. The van der Waals surface area contributed by atoms with Crippen molar-refractivity contribution < 1.29 is 9.53 Å². The van der Waals surface area contributed by atoms with Gasteiger partial charge in [-0.1, -0.05) is 6.07 Å². The maximum Gasteiger partial charge on any atom is 0.239 e. The van der Waals surface area contributed by atoms with E-state index in [1.54, 1.807) is 11.3 Å². The van der Waals surface area contributed by atoms with Crippen LogP contribution >= 0.6 is 22.7 Å². The van der Waals surface area contributed by atoms with Gasteiger partial charge >= 0.3 is 0 Å². The summed E-state index contributed by atoms with van der Waals surface area (Å²) in [6.07, 6.45) is 2.33. The molecule has 3 rings (SSSR count). The summed E-state index contributed by atoms with van der Waals surface area (Å²) in [4.78, 5) is 17.1. The molecule has 3 heterocycles. The highest BCUT2D eigenvalue weighted by molar-refractivity contribution is 7.16. The zero-order valence-corrected chi connectivity index (χ0v) is 16.7. The summed E-state index contributed by atoms with van der Waals surface area (Å²) in [7, 11) is 0. The van der Waals surface area contributed by atoms with Gasteiger partial charge in [0.05, 0.1) is 18.2 Å². The van der Waals surface area contributed by atoms with Gasteiger partial charge in [-0.3, -0.25) is 9.69 Å². The molecule has 1 atom stereocenters. The van der Waals surface area contributed by atoms with Crippen LogP contribution in [-0.4, -0.2) is 36.6 Å². The number of thiophene rings is 2. The number of aryl methyl sites for hydroxylation is 1. The van der Waals surface area contributed by atoms with Crippen molar-refractivity contribution in [2.75, 3.05) is 25.0 Å². The van der Waals surface area contributed by atoms with Gasteiger partial charge in [0.25, 0.3) is 0 Å². The van der Waals surface area contributed by atoms with Crippen LogP contribution in [-0.2, 0) is 16.1 Å². The molecule has 0 saturated carbocycles. The molecule has 5 nitrogen and oxygen atoms in total. The summed E-state index contributed by atoms with van der Waals surface area (Å²) in [6.45, 7) is 6.47. The summed E-state index contributed by atoms with van der Waals surface area (Å²) in [5.74, 6) is -0.0858. The number of amides is 1. The Kier molecular flexibility index (Phi) is 6.43. The van der Waals surface area contributed by atoms with Crippen LogP contribution in [0, 0.1) is 25.2 Å². The van der Waals surface area contributed by atoms with Gasteiger partial charge in [0, 0.05) is 29.5 Å². The Morgan fingerprint density at radius 2 is 2.35 bits per heavy atom. The molecule has 1 saturated heterocycles. The second kappa shape index (κ2) is 8.78. The lowest BCUT2D eigenvalue weighted by molar-refractivity contribution is -0.117. The lowest BCUT2D eigenvalue weighted by Gasteiger charge is -2.24. The zero-order chi connectivity index (χ0) is 18.5. The summed E-state index contributed by atoms with van der Waals surface area (Å²) in [6, 6.07) is 6.32. The van der Waals surface area contributed by atoms with Crippen molar-refractivity contribution in [2.24, 2.45) is 0 Å². The van der Waals surface area contributed by atoms with Crippen LogP contribution < -0.4 is 5.32 Å². The van der Waals surface area contributed by atoms with E-state index in [1.165, 1.54) is 16.2 Å². The molecule has 7 heteroatoms. The predicted octanol–water partition coefficient (Wildman–Crippen LogP) is 3.92. The Morgan fingerprint density at radius 1 is 1.50 bits per heavy atom. The van der Waals surface area contributed by atoms with Gasteiger partial charge in [-0.05, 0) is 43.7 Å². The Labute approximate surface area is 162 Å². The molecule has 0 spiro atoms. The third-order valence-corrected chi connectivity index (χ3v) is 6.55. The first kappa shape index (κ1) is 19.1. The van der Waals surface area contributed by atoms with E-state index in [0.29, 0.717) is 17.1 Å². The highest BCUT2D eigenvalue weighted by Gasteiger charge is 2.22. The number of nitrogens with one attached hydrogen (secondary N) is 1. The van der Waals surface area contributed by atoms with Gasteiger partial charge in [0.15, 0.2) is 0 Å². The van der Waals surface area contributed by atoms with E-state index in [4.69, 9.17) is 4.74 Å². The summed E-state index contributed by atoms with van der Waals surface area (Å²) in [5, 5.41) is 15.0. The average Bonchev–Trinajstić information content (AvgIpc) is 3.32. The maximum absolute atomic E-state index is 12.6. The lowest BCUT2D eigenvalue weighted by atomic mass is 10.2. The predicted molar refractivity (Wildman–Crippen MR) is 106 cm³/mol. The van der Waals surface area contributed by atoms with Crippen LogP contribution in [0.5, 0.6) is 0 Å². The molecule has 0 aromatic carbocycles. The number of hydrogen-bond donors (Lipinski definition) is 1. The standard InChI is InChI=1S/C19H23N3O2S2/c1-13-14(2)26-19(17(13)9-20)21-18(23)12-22(10-15-5-3-7-24-15)11-16-6-4-8-25-16/h4,6,8,15H,3,5,7,10-12H2,1-2H3,(H,21,23). The minimum Gasteiger partial charge on any atom is -0.377 e. The third kappa shape index (κ3) is 4.71. The van der Waals surface area contributed by atoms with E-state index >= 15 is 0 Å². The fourth-order valence-electron chi connectivity index (χ4n) is 3.10. The molecule has 2 aromatic heterocycles. The first-order chi connectivity index (χ1) is 12.6. The highest BCUT2D eigenvalue weighted by atomic mass is 32.1. The van der Waals surface area contributed by atoms with Crippen molar-refractivity contribution >= 4 is 33.6 Å². The van der Waals surface area contributed by atoms with Crippen LogP contribution in [0.15, 0.2) is 17.5 Å². The van der Waals surface area contributed by atoms with Crippen LogP contribution in [0.2, 0.25) is 0 Å². The fraction of sp³-hybridized carbons (Fsp3) is 0.474. The molecular weight excluding hydrogens is 366 g/mol. The molecule has 1 unspecified atom stereocenters. The SMILES string of the molecule is Cc1sc(NC(=O)CN(Cc2cccs2)CC2CCCO2)c(C#N)c1C. The van der Waals surface area contributed by atoms with Crippen LogP contribution in [0.1, 0.15) is 33.7 Å². The van der Waals surface area contributed by atoms with E-state index in [-0.39, 0.29) is 12.0 Å². The lowest BCUT2D eigenvalue weighted by Crippen LogP contribution is -2.37. The summed E-state index contributed by atoms with van der Waals surface area (Å²) >= 11 is 3.16. The van der Waals surface area contributed by atoms with Crippen LogP contribution in [0.4, 0.5) is 5.00 Å². The van der Waals surface area contributed by atoms with Gasteiger partial charge in [-0.25, -0.2) is 0 Å². The minimum absolute atomic E-state index is 0.0858. The number of anilines is 1. The van der Waals surface area contributed by atoms with Crippen LogP contribution in [0.25, 0.3) is 0 Å². The van der Waals surface area contributed by atoms with E-state index < -0.39 is 0 Å². The fourth-order valence-corrected chi connectivity index (χ4v) is 4.88. The molecule has 1 amide bonds. The first-order valence-electron chi connectivity index (χ1n) is 8.73. The molecule has 138 valence electrons. The number of carbonyl (C=O) groups is 1. The van der Waals surface area contributed by atoms with Gasteiger partial charge in [0.1, 0.15) is 11.1 Å². The maximum atomic E-state index is 12.6. The Hall–Kier alpha value is -1.72. The molecule has 26 heavy (non-hydrogen) atoms. The third-order valence-electron chi connectivity index (χ3n) is 4.56. The van der Waals surface area contributed by atoms with E-state index in [9.17, 15) is 10.1 Å². The molecule has 0 aliphatic carbocycles. The Balaban J connectivity index is 1.66. The molecule has 1 N–H and O–H groups in total. The van der Waals surface area contributed by atoms with Gasteiger partial charge in [0.2, 0.25) is 5.91 Å². The van der Waals surface area contributed by atoms with Crippen molar-refractivity contribution in [2.45, 2.75) is 39.3 Å². The number of carbonyl (C=O) groups excluding carboxylic acids is 1. The number of nitrogens with zero attached hydrogens (tertiary/aromatic N) is 2. The summed E-state index contributed by atoms with van der Waals surface area (Å²) in [5.41, 5.74) is 1.52. The summed E-state index contributed by atoms with van der Waals surface area (Å²) < 4.78 is 5.75. The number of hydrogen-bond acceptors (Lipinski definition) is 6. The molecule has 1 aliphatic heterocycles. The van der Waals surface area contributed by atoms with Gasteiger partial charge < -0.3 is 10.1 Å². The van der Waals surface area contributed by atoms with Crippen molar-refractivity contribution in [1.29, 1.82) is 5.26 Å². The van der Waals surface area contributed by atoms with Crippen LogP contribution in [0.3, 0.4) is 0 Å². The second-order valence-electron chi connectivity index (χ2n) is 6.53. The molecule has 2 aromatic rings. The topological polar surface area (TPSA) is 65.4 Å². The van der Waals surface area contributed by atoms with E-state index in [1.807, 2.05) is 19.9 Å². The molecular formula is C19H23N3O2S2. The number of rotatable bonds is 7. The zero-order valence-electron chi connectivity index (χ0n) is 15.1. The number of nitriles is 1. The minimum atomic E-state index is -0.0858. The number of ether oxygens (including phenoxy) is 1. The Morgan fingerprint density at radius 3 is 3.00 bits per heavy atom.